The van der Waals surface area contributed by atoms with Crippen LogP contribution in [0.25, 0.3) is 0 Å². The van der Waals surface area contributed by atoms with E-state index in [0.717, 1.165) is 62.1 Å². The summed E-state index contributed by atoms with van der Waals surface area (Å²) in [5, 5.41) is 11.0. The minimum Gasteiger partial charge on any atom is -0.379 e. The lowest BCUT2D eigenvalue weighted by molar-refractivity contribution is -0.0174. The van der Waals surface area contributed by atoms with Gasteiger partial charge in [0.2, 0.25) is 0 Å². The maximum absolute atomic E-state index is 5.52. The van der Waals surface area contributed by atoms with E-state index in [4.69, 9.17) is 9.26 Å². The molecule has 2 atom stereocenters. The van der Waals surface area contributed by atoms with Gasteiger partial charge in [0.15, 0.2) is 5.96 Å². The minimum absolute atomic E-state index is 0. The van der Waals surface area contributed by atoms with E-state index in [-0.39, 0.29) is 24.0 Å². The van der Waals surface area contributed by atoms with E-state index in [9.17, 15) is 0 Å². The fourth-order valence-electron chi connectivity index (χ4n) is 3.29. The Bertz CT molecular complexity index is 542. The lowest BCUT2D eigenvalue weighted by Gasteiger charge is -2.38. The molecule has 1 saturated heterocycles. The summed E-state index contributed by atoms with van der Waals surface area (Å²) in [6, 6.07) is 0.877. The van der Waals surface area contributed by atoms with Gasteiger partial charge in [-0.3, -0.25) is 9.89 Å². The van der Waals surface area contributed by atoms with E-state index < -0.39 is 0 Å². The lowest BCUT2D eigenvalue weighted by atomic mass is 10.1. The normalized spacial score (nSPS) is 19.7. The van der Waals surface area contributed by atoms with Gasteiger partial charge in [0.25, 0.3) is 0 Å². The SMILES string of the molecule is CCc1noc(CC)c1CNC(=NC)NCC(C)N1CCOCC1C.I. The zero-order valence-electron chi connectivity index (χ0n) is 16.7. The summed E-state index contributed by atoms with van der Waals surface area (Å²) in [7, 11) is 1.80. The molecule has 0 bridgehead atoms. The summed E-state index contributed by atoms with van der Waals surface area (Å²) in [6.45, 7) is 12.8. The fourth-order valence-corrected chi connectivity index (χ4v) is 3.29. The van der Waals surface area contributed by atoms with Crippen molar-refractivity contribution in [2.75, 3.05) is 33.4 Å². The first-order chi connectivity index (χ1) is 12.1. The van der Waals surface area contributed by atoms with Crippen molar-refractivity contribution in [3.8, 4) is 0 Å². The van der Waals surface area contributed by atoms with Gasteiger partial charge >= 0.3 is 0 Å². The molecule has 2 unspecified atom stereocenters. The maximum Gasteiger partial charge on any atom is 0.191 e. The van der Waals surface area contributed by atoms with Gasteiger partial charge in [-0.25, -0.2) is 0 Å². The van der Waals surface area contributed by atoms with Crippen molar-refractivity contribution in [1.82, 2.24) is 20.7 Å². The molecule has 2 rings (SSSR count). The number of ether oxygens (including phenoxy) is 1. The smallest absolute Gasteiger partial charge is 0.191 e. The first kappa shape index (κ1) is 23.2. The zero-order valence-corrected chi connectivity index (χ0v) is 19.0. The molecule has 150 valence electrons. The number of aliphatic imine (C=N–C) groups is 1. The third-order valence-electron chi connectivity index (χ3n) is 4.81. The average molecular weight is 479 g/mol. The molecule has 1 aromatic heterocycles. The maximum atomic E-state index is 5.52. The number of aryl methyl sites for hydroxylation is 2. The van der Waals surface area contributed by atoms with Crippen LogP contribution in [0.5, 0.6) is 0 Å². The van der Waals surface area contributed by atoms with Gasteiger partial charge < -0.3 is 19.9 Å². The number of halogens is 1. The number of nitrogens with zero attached hydrogens (tertiary/aromatic N) is 3. The second kappa shape index (κ2) is 11.8. The van der Waals surface area contributed by atoms with Crippen LogP contribution in [0.1, 0.15) is 44.7 Å². The lowest BCUT2D eigenvalue weighted by Crippen LogP contribution is -2.53. The predicted molar refractivity (Wildman–Crippen MR) is 115 cm³/mol. The molecule has 0 amide bonds. The standard InChI is InChI=1S/C18H33N5O2.HI/c1-6-16-15(17(7-2)25-22-16)11-21-18(19-5)20-10-13(3)23-8-9-24-12-14(23)4;/h13-14H,6-12H2,1-5H3,(H2,19,20,21);1H. The highest BCUT2D eigenvalue weighted by Gasteiger charge is 2.23. The largest absolute Gasteiger partial charge is 0.379 e. The summed E-state index contributed by atoms with van der Waals surface area (Å²) in [5.41, 5.74) is 2.18. The van der Waals surface area contributed by atoms with Gasteiger partial charge in [-0.1, -0.05) is 19.0 Å². The van der Waals surface area contributed by atoms with Crippen molar-refractivity contribution in [3.63, 3.8) is 0 Å². The van der Waals surface area contributed by atoms with Crippen molar-refractivity contribution in [2.45, 2.75) is 59.2 Å². The summed E-state index contributed by atoms with van der Waals surface area (Å²) in [6.07, 6.45) is 1.72. The molecule has 0 aliphatic carbocycles. The van der Waals surface area contributed by atoms with Gasteiger partial charge in [0.1, 0.15) is 5.76 Å². The second-order valence-corrected chi connectivity index (χ2v) is 6.56. The van der Waals surface area contributed by atoms with Crippen LogP contribution < -0.4 is 10.6 Å². The average Bonchev–Trinajstić information content (AvgIpc) is 3.04. The van der Waals surface area contributed by atoms with Crippen LogP contribution in [0, 0.1) is 0 Å². The Morgan fingerprint density at radius 3 is 2.73 bits per heavy atom. The number of nitrogens with one attached hydrogen (secondary N) is 2. The summed E-state index contributed by atoms with van der Waals surface area (Å²) >= 11 is 0. The second-order valence-electron chi connectivity index (χ2n) is 6.56. The molecule has 1 aromatic rings. The first-order valence-corrected chi connectivity index (χ1v) is 9.34. The number of hydrogen-bond donors (Lipinski definition) is 2. The minimum atomic E-state index is 0. The molecule has 0 aromatic carbocycles. The Labute approximate surface area is 174 Å². The van der Waals surface area contributed by atoms with Crippen LogP contribution >= 0.6 is 24.0 Å². The Morgan fingerprint density at radius 2 is 2.12 bits per heavy atom. The number of guanidine groups is 1. The van der Waals surface area contributed by atoms with Crippen molar-refractivity contribution in [2.24, 2.45) is 4.99 Å². The van der Waals surface area contributed by atoms with Crippen LogP contribution in [0.3, 0.4) is 0 Å². The summed E-state index contributed by atoms with van der Waals surface area (Å²) in [4.78, 5) is 6.82. The first-order valence-electron chi connectivity index (χ1n) is 9.34. The van der Waals surface area contributed by atoms with Gasteiger partial charge in [0.05, 0.1) is 18.9 Å². The highest BCUT2D eigenvalue weighted by Crippen LogP contribution is 2.15. The monoisotopic (exact) mass is 479 g/mol. The van der Waals surface area contributed by atoms with Crippen molar-refractivity contribution >= 4 is 29.9 Å². The molecule has 8 heteroatoms. The number of hydrogen-bond acceptors (Lipinski definition) is 5. The summed E-state index contributed by atoms with van der Waals surface area (Å²) < 4.78 is 10.9. The Kier molecular flexibility index (Phi) is 10.5. The molecule has 0 spiro atoms. The van der Waals surface area contributed by atoms with Crippen LogP contribution in [0.4, 0.5) is 0 Å². The van der Waals surface area contributed by atoms with Crippen LogP contribution in [-0.4, -0.2) is 61.5 Å². The predicted octanol–water partition coefficient (Wildman–Crippen LogP) is 2.19. The van der Waals surface area contributed by atoms with Gasteiger partial charge in [0, 0.05) is 50.7 Å². The van der Waals surface area contributed by atoms with E-state index in [0.29, 0.717) is 18.6 Å². The van der Waals surface area contributed by atoms with E-state index >= 15 is 0 Å². The number of rotatable bonds is 7. The van der Waals surface area contributed by atoms with Crippen LogP contribution in [-0.2, 0) is 24.1 Å². The topological polar surface area (TPSA) is 74.9 Å². The molecule has 2 N–H and O–H groups in total. The fraction of sp³-hybridized carbons (Fsp3) is 0.778. The molecule has 1 aliphatic rings. The van der Waals surface area contributed by atoms with Crippen LogP contribution in [0.15, 0.2) is 9.52 Å². The molecule has 2 heterocycles. The summed E-state index contributed by atoms with van der Waals surface area (Å²) in [5.74, 6) is 1.76. The van der Waals surface area contributed by atoms with Crippen molar-refractivity contribution < 1.29 is 9.26 Å². The zero-order chi connectivity index (χ0) is 18.2. The van der Waals surface area contributed by atoms with Gasteiger partial charge in [-0.2, -0.15) is 0 Å². The highest BCUT2D eigenvalue weighted by molar-refractivity contribution is 14.0. The highest BCUT2D eigenvalue weighted by atomic mass is 127. The van der Waals surface area contributed by atoms with E-state index in [1.54, 1.807) is 7.05 Å². The van der Waals surface area contributed by atoms with E-state index in [1.165, 1.54) is 0 Å². The third kappa shape index (κ3) is 6.09. The van der Waals surface area contributed by atoms with Gasteiger partial charge in [-0.15, -0.1) is 24.0 Å². The molecule has 0 saturated carbocycles. The quantitative estimate of drug-likeness (QED) is 0.355. The number of aromatic nitrogens is 1. The van der Waals surface area contributed by atoms with Crippen molar-refractivity contribution in [3.05, 3.63) is 17.0 Å². The molecule has 26 heavy (non-hydrogen) atoms. The van der Waals surface area contributed by atoms with E-state index in [2.05, 4.69) is 53.4 Å². The molecule has 1 fully saturated rings. The Morgan fingerprint density at radius 1 is 1.35 bits per heavy atom. The van der Waals surface area contributed by atoms with Gasteiger partial charge in [-0.05, 0) is 20.3 Å². The molecular formula is C18H34IN5O2. The molecule has 7 nitrogen and oxygen atoms in total. The number of morpholine rings is 1. The Hall–Kier alpha value is -0.870. The molecule has 1 aliphatic heterocycles. The third-order valence-corrected chi connectivity index (χ3v) is 4.81. The molecular weight excluding hydrogens is 445 g/mol. The molecule has 0 radical (unpaired) electrons. The van der Waals surface area contributed by atoms with Crippen molar-refractivity contribution in [1.29, 1.82) is 0 Å². The van der Waals surface area contributed by atoms with Crippen LogP contribution in [0.2, 0.25) is 0 Å². The Balaban J connectivity index is 0.00000338. The van der Waals surface area contributed by atoms with E-state index in [1.807, 2.05) is 0 Å².